The molecular weight excluding hydrogens is 341 g/mol. The van der Waals surface area contributed by atoms with E-state index in [1.807, 2.05) is 62.4 Å². The molecule has 0 unspecified atom stereocenters. The standard InChI is InChI=1S/C20H23Cl2NO/c1-14(2)11-20(24)23-13-17(16-5-9-19(22)10-6-16)12-15-3-7-18(21)8-4-15/h3-10,14,17H,11-13H2,1-2H3,(H,23,24)/t17-/m0/s1. The van der Waals surface area contributed by atoms with E-state index in [1.54, 1.807) is 0 Å². The number of nitrogens with one attached hydrogen (secondary N) is 1. The van der Waals surface area contributed by atoms with Crippen LogP contribution in [0.2, 0.25) is 10.0 Å². The summed E-state index contributed by atoms with van der Waals surface area (Å²) in [6, 6.07) is 15.7. The Morgan fingerprint density at radius 1 is 0.958 bits per heavy atom. The Bertz CT molecular complexity index is 650. The van der Waals surface area contributed by atoms with Gasteiger partial charge in [0.15, 0.2) is 0 Å². The van der Waals surface area contributed by atoms with Crippen LogP contribution < -0.4 is 5.32 Å². The van der Waals surface area contributed by atoms with Crippen LogP contribution in [0.1, 0.15) is 37.3 Å². The van der Waals surface area contributed by atoms with E-state index in [0.29, 0.717) is 23.9 Å². The highest BCUT2D eigenvalue weighted by Gasteiger charge is 2.15. The van der Waals surface area contributed by atoms with E-state index in [2.05, 4.69) is 5.32 Å². The summed E-state index contributed by atoms with van der Waals surface area (Å²) < 4.78 is 0. The van der Waals surface area contributed by atoms with Crippen molar-refractivity contribution in [3.05, 3.63) is 69.7 Å². The van der Waals surface area contributed by atoms with Crippen molar-refractivity contribution < 1.29 is 4.79 Å². The molecule has 2 aromatic carbocycles. The van der Waals surface area contributed by atoms with Crippen LogP contribution in [-0.2, 0) is 11.2 Å². The summed E-state index contributed by atoms with van der Waals surface area (Å²) in [4.78, 5) is 12.0. The van der Waals surface area contributed by atoms with Crippen LogP contribution >= 0.6 is 23.2 Å². The molecule has 0 spiro atoms. The molecule has 0 fully saturated rings. The first-order valence-electron chi connectivity index (χ1n) is 8.20. The van der Waals surface area contributed by atoms with Gasteiger partial charge in [0.05, 0.1) is 0 Å². The first-order chi connectivity index (χ1) is 11.4. The second-order valence-electron chi connectivity index (χ2n) is 6.48. The minimum Gasteiger partial charge on any atom is -0.355 e. The van der Waals surface area contributed by atoms with Gasteiger partial charge in [0, 0.05) is 28.9 Å². The SMILES string of the molecule is CC(C)CC(=O)NC[C@H](Cc1ccc(Cl)cc1)c1ccc(Cl)cc1. The van der Waals surface area contributed by atoms with Crippen molar-refractivity contribution in [3.8, 4) is 0 Å². The average molecular weight is 364 g/mol. The van der Waals surface area contributed by atoms with Crippen LogP contribution in [0, 0.1) is 5.92 Å². The third-order valence-electron chi connectivity index (χ3n) is 3.88. The molecule has 24 heavy (non-hydrogen) atoms. The topological polar surface area (TPSA) is 29.1 Å². The molecule has 0 aliphatic heterocycles. The molecular formula is C20H23Cl2NO. The molecule has 0 saturated heterocycles. The van der Waals surface area contributed by atoms with Gasteiger partial charge >= 0.3 is 0 Å². The Morgan fingerprint density at radius 2 is 1.50 bits per heavy atom. The molecule has 0 aliphatic rings. The number of carbonyl (C=O) groups is 1. The lowest BCUT2D eigenvalue weighted by Gasteiger charge is -2.19. The summed E-state index contributed by atoms with van der Waals surface area (Å²) in [6.45, 7) is 4.70. The average Bonchev–Trinajstić information content (AvgIpc) is 2.53. The highest BCUT2D eigenvalue weighted by Crippen LogP contribution is 2.23. The second kappa shape index (κ2) is 9.10. The number of hydrogen-bond donors (Lipinski definition) is 1. The quantitative estimate of drug-likeness (QED) is 0.692. The first-order valence-corrected chi connectivity index (χ1v) is 8.96. The van der Waals surface area contributed by atoms with Crippen molar-refractivity contribution >= 4 is 29.1 Å². The Hall–Kier alpha value is -1.51. The van der Waals surface area contributed by atoms with Crippen LogP contribution in [0.5, 0.6) is 0 Å². The molecule has 1 N–H and O–H groups in total. The molecule has 0 aliphatic carbocycles. The molecule has 1 atom stereocenters. The molecule has 1 amide bonds. The summed E-state index contributed by atoms with van der Waals surface area (Å²) in [5, 5.41) is 4.51. The van der Waals surface area contributed by atoms with Crippen LogP contribution in [-0.4, -0.2) is 12.5 Å². The van der Waals surface area contributed by atoms with Crippen molar-refractivity contribution in [1.82, 2.24) is 5.32 Å². The maximum absolute atomic E-state index is 12.0. The van der Waals surface area contributed by atoms with E-state index >= 15 is 0 Å². The van der Waals surface area contributed by atoms with Gasteiger partial charge in [0.25, 0.3) is 0 Å². The van der Waals surface area contributed by atoms with E-state index in [1.165, 1.54) is 11.1 Å². The molecule has 0 aromatic heterocycles. The lowest BCUT2D eigenvalue weighted by atomic mass is 9.92. The highest BCUT2D eigenvalue weighted by molar-refractivity contribution is 6.30. The van der Waals surface area contributed by atoms with E-state index in [9.17, 15) is 4.79 Å². The number of halogens is 2. The monoisotopic (exact) mass is 363 g/mol. The maximum atomic E-state index is 12.0. The van der Waals surface area contributed by atoms with Gasteiger partial charge in [-0.15, -0.1) is 0 Å². The Labute approximate surface area is 154 Å². The fourth-order valence-electron chi connectivity index (χ4n) is 2.63. The Kier molecular flexibility index (Phi) is 7.14. The van der Waals surface area contributed by atoms with Crippen molar-refractivity contribution in [2.75, 3.05) is 6.54 Å². The predicted octanol–water partition coefficient (Wildman–Crippen LogP) is 5.48. The number of hydrogen-bond acceptors (Lipinski definition) is 1. The molecule has 0 saturated carbocycles. The zero-order chi connectivity index (χ0) is 17.5. The van der Waals surface area contributed by atoms with Crippen LogP contribution in [0.4, 0.5) is 0 Å². The minimum atomic E-state index is 0.0973. The molecule has 0 heterocycles. The van der Waals surface area contributed by atoms with Gasteiger partial charge in [-0.3, -0.25) is 4.79 Å². The summed E-state index contributed by atoms with van der Waals surface area (Å²) in [6.07, 6.45) is 1.38. The molecule has 2 aromatic rings. The van der Waals surface area contributed by atoms with Crippen LogP contribution in [0.3, 0.4) is 0 Å². The number of amides is 1. The zero-order valence-electron chi connectivity index (χ0n) is 14.1. The molecule has 0 radical (unpaired) electrons. The van der Waals surface area contributed by atoms with E-state index in [0.717, 1.165) is 11.4 Å². The third-order valence-corrected chi connectivity index (χ3v) is 4.38. The summed E-state index contributed by atoms with van der Waals surface area (Å²) in [5.41, 5.74) is 2.36. The summed E-state index contributed by atoms with van der Waals surface area (Å²) in [7, 11) is 0. The predicted molar refractivity (Wildman–Crippen MR) is 102 cm³/mol. The normalized spacial score (nSPS) is 12.2. The minimum absolute atomic E-state index is 0.0973. The molecule has 4 heteroatoms. The van der Waals surface area contributed by atoms with Crippen molar-refractivity contribution in [2.24, 2.45) is 5.92 Å². The molecule has 128 valence electrons. The van der Waals surface area contributed by atoms with Gasteiger partial charge in [0.1, 0.15) is 0 Å². The summed E-state index contributed by atoms with van der Waals surface area (Å²) in [5.74, 6) is 0.648. The van der Waals surface area contributed by atoms with E-state index in [4.69, 9.17) is 23.2 Å². The number of benzene rings is 2. The van der Waals surface area contributed by atoms with Crippen molar-refractivity contribution in [2.45, 2.75) is 32.6 Å². The highest BCUT2D eigenvalue weighted by atomic mass is 35.5. The molecule has 0 bridgehead atoms. The lowest BCUT2D eigenvalue weighted by molar-refractivity contribution is -0.121. The van der Waals surface area contributed by atoms with Crippen molar-refractivity contribution in [1.29, 1.82) is 0 Å². The van der Waals surface area contributed by atoms with Crippen LogP contribution in [0.25, 0.3) is 0 Å². The zero-order valence-corrected chi connectivity index (χ0v) is 15.6. The van der Waals surface area contributed by atoms with Gasteiger partial charge in [-0.1, -0.05) is 61.3 Å². The maximum Gasteiger partial charge on any atom is 0.220 e. The third kappa shape index (κ3) is 6.18. The number of carbonyl (C=O) groups excluding carboxylic acids is 1. The Balaban J connectivity index is 2.10. The molecule has 2 nitrogen and oxygen atoms in total. The Morgan fingerprint density at radius 3 is 2.04 bits per heavy atom. The van der Waals surface area contributed by atoms with Crippen LogP contribution in [0.15, 0.2) is 48.5 Å². The number of rotatable bonds is 7. The largest absolute Gasteiger partial charge is 0.355 e. The van der Waals surface area contributed by atoms with Gasteiger partial charge in [-0.25, -0.2) is 0 Å². The second-order valence-corrected chi connectivity index (χ2v) is 7.35. The summed E-state index contributed by atoms with van der Waals surface area (Å²) >= 11 is 12.0. The van der Waals surface area contributed by atoms with Gasteiger partial charge < -0.3 is 5.32 Å². The fourth-order valence-corrected chi connectivity index (χ4v) is 2.88. The van der Waals surface area contributed by atoms with Gasteiger partial charge in [-0.05, 0) is 47.7 Å². The fraction of sp³-hybridized carbons (Fsp3) is 0.350. The van der Waals surface area contributed by atoms with E-state index < -0.39 is 0 Å². The van der Waals surface area contributed by atoms with Crippen molar-refractivity contribution in [3.63, 3.8) is 0 Å². The molecule has 2 rings (SSSR count). The lowest BCUT2D eigenvalue weighted by Crippen LogP contribution is -2.30. The van der Waals surface area contributed by atoms with E-state index in [-0.39, 0.29) is 11.8 Å². The van der Waals surface area contributed by atoms with Gasteiger partial charge in [0.2, 0.25) is 5.91 Å². The van der Waals surface area contributed by atoms with Gasteiger partial charge in [-0.2, -0.15) is 0 Å². The first kappa shape index (κ1) is 18.8. The smallest absolute Gasteiger partial charge is 0.220 e.